The smallest absolute Gasteiger partial charge is 0.317 e. The molecule has 1 aromatic rings. The van der Waals surface area contributed by atoms with Crippen molar-refractivity contribution < 1.29 is 14.7 Å². The summed E-state index contributed by atoms with van der Waals surface area (Å²) in [6.07, 6.45) is 0. The van der Waals surface area contributed by atoms with Crippen molar-refractivity contribution in [3.05, 3.63) is 34.4 Å². The van der Waals surface area contributed by atoms with E-state index >= 15 is 0 Å². The van der Waals surface area contributed by atoms with Crippen LogP contribution in [0.2, 0.25) is 0 Å². The molecule has 0 aliphatic heterocycles. The van der Waals surface area contributed by atoms with Gasteiger partial charge in [-0.05, 0) is 37.5 Å². The molecule has 3 N–H and O–H groups in total. The fourth-order valence-corrected chi connectivity index (χ4v) is 2.26. The van der Waals surface area contributed by atoms with Gasteiger partial charge in [0.15, 0.2) is 0 Å². The van der Waals surface area contributed by atoms with Gasteiger partial charge in [0.1, 0.15) is 0 Å². The molecule has 0 heterocycles. The van der Waals surface area contributed by atoms with E-state index in [4.69, 9.17) is 10.8 Å². The molecule has 0 radical (unpaired) electrons. The van der Waals surface area contributed by atoms with Crippen molar-refractivity contribution >= 4 is 11.9 Å². The molecular formula is C14H20N2O3. The van der Waals surface area contributed by atoms with Gasteiger partial charge in [-0.15, -0.1) is 0 Å². The number of nitrogens with zero attached hydrogens (tertiary/aromatic N) is 1. The summed E-state index contributed by atoms with van der Waals surface area (Å²) in [4.78, 5) is 23.3. The van der Waals surface area contributed by atoms with E-state index in [9.17, 15) is 9.59 Å². The molecule has 19 heavy (non-hydrogen) atoms. The van der Waals surface area contributed by atoms with Gasteiger partial charge in [-0.25, -0.2) is 0 Å². The Balaban J connectivity index is 2.95. The molecule has 0 atom stereocenters. The summed E-state index contributed by atoms with van der Waals surface area (Å²) < 4.78 is 0. The average molecular weight is 264 g/mol. The van der Waals surface area contributed by atoms with Crippen LogP contribution in [-0.2, 0) is 16.1 Å². The SMILES string of the molecule is Cc1cc(C)c(CN(CC(N)=O)CC(=O)O)c(C)c1. The van der Waals surface area contributed by atoms with E-state index in [1.165, 1.54) is 10.5 Å². The van der Waals surface area contributed by atoms with Crippen molar-refractivity contribution in [1.29, 1.82) is 0 Å². The minimum atomic E-state index is -0.969. The second-order valence-corrected chi connectivity index (χ2v) is 4.88. The molecular weight excluding hydrogens is 244 g/mol. The molecule has 0 aliphatic rings. The number of rotatable bonds is 6. The first-order chi connectivity index (χ1) is 8.79. The van der Waals surface area contributed by atoms with Crippen molar-refractivity contribution in [3.63, 3.8) is 0 Å². The number of amides is 1. The Bertz CT molecular complexity index is 458. The molecule has 5 nitrogen and oxygen atoms in total. The summed E-state index contributed by atoms with van der Waals surface area (Å²) in [7, 11) is 0. The van der Waals surface area contributed by atoms with Crippen molar-refractivity contribution in [2.45, 2.75) is 27.3 Å². The topological polar surface area (TPSA) is 83.6 Å². The number of nitrogens with two attached hydrogens (primary N) is 1. The Morgan fingerprint density at radius 3 is 2.11 bits per heavy atom. The van der Waals surface area contributed by atoms with Gasteiger partial charge in [-0.2, -0.15) is 0 Å². The van der Waals surface area contributed by atoms with Crippen LogP contribution in [0.1, 0.15) is 22.3 Å². The number of primary amides is 1. The highest BCUT2D eigenvalue weighted by Gasteiger charge is 2.15. The lowest BCUT2D eigenvalue weighted by atomic mass is 9.99. The van der Waals surface area contributed by atoms with Gasteiger partial charge < -0.3 is 10.8 Å². The quantitative estimate of drug-likeness (QED) is 0.802. The van der Waals surface area contributed by atoms with Crippen LogP contribution in [0.5, 0.6) is 0 Å². The molecule has 0 fully saturated rings. The van der Waals surface area contributed by atoms with Crippen LogP contribution in [0.25, 0.3) is 0 Å². The van der Waals surface area contributed by atoms with Crippen LogP contribution < -0.4 is 5.73 Å². The third-order valence-corrected chi connectivity index (χ3v) is 2.96. The Morgan fingerprint density at radius 2 is 1.68 bits per heavy atom. The molecule has 1 rings (SSSR count). The third kappa shape index (κ3) is 4.71. The Hall–Kier alpha value is -1.88. The zero-order valence-electron chi connectivity index (χ0n) is 11.6. The summed E-state index contributed by atoms with van der Waals surface area (Å²) in [5.74, 6) is -1.49. The number of hydrogen-bond acceptors (Lipinski definition) is 3. The summed E-state index contributed by atoms with van der Waals surface area (Å²) in [6, 6.07) is 4.09. The predicted molar refractivity (Wildman–Crippen MR) is 72.8 cm³/mol. The normalized spacial score (nSPS) is 10.7. The number of carbonyl (C=O) groups excluding carboxylic acids is 1. The molecule has 0 aliphatic carbocycles. The van der Waals surface area contributed by atoms with Crippen molar-refractivity contribution in [3.8, 4) is 0 Å². The lowest BCUT2D eigenvalue weighted by Gasteiger charge is -2.21. The third-order valence-electron chi connectivity index (χ3n) is 2.96. The van der Waals surface area contributed by atoms with Gasteiger partial charge in [0, 0.05) is 6.54 Å². The lowest BCUT2D eigenvalue weighted by Crippen LogP contribution is -2.37. The van der Waals surface area contributed by atoms with Gasteiger partial charge in [0.25, 0.3) is 0 Å². The number of carboxylic acid groups (broad SMARTS) is 1. The fourth-order valence-electron chi connectivity index (χ4n) is 2.26. The van der Waals surface area contributed by atoms with E-state index < -0.39 is 11.9 Å². The highest BCUT2D eigenvalue weighted by atomic mass is 16.4. The highest BCUT2D eigenvalue weighted by Crippen LogP contribution is 2.18. The number of aryl methyl sites for hydroxylation is 3. The molecule has 0 aromatic heterocycles. The predicted octanol–water partition coefficient (Wildman–Crippen LogP) is 0.984. The summed E-state index contributed by atoms with van der Waals surface area (Å²) in [5.41, 5.74) is 9.55. The van der Waals surface area contributed by atoms with Crippen LogP contribution >= 0.6 is 0 Å². The molecule has 1 aromatic carbocycles. The number of benzene rings is 1. The molecule has 0 saturated heterocycles. The van der Waals surface area contributed by atoms with E-state index in [1.54, 1.807) is 0 Å². The maximum atomic E-state index is 11.0. The number of aliphatic carboxylic acids is 1. The van der Waals surface area contributed by atoms with E-state index in [1.807, 2.05) is 32.9 Å². The first-order valence-corrected chi connectivity index (χ1v) is 6.08. The number of hydrogen-bond donors (Lipinski definition) is 2. The molecule has 0 saturated carbocycles. The summed E-state index contributed by atoms with van der Waals surface area (Å²) >= 11 is 0. The Morgan fingerprint density at radius 1 is 1.16 bits per heavy atom. The Kier molecular flexibility index (Phi) is 5.06. The first-order valence-electron chi connectivity index (χ1n) is 6.08. The minimum Gasteiger partial charge on any atom is -0.480 e. The zero-order chi connectivity index (χ0) is 14.6. The lowest BCUT2D eigenvalue weighted by molar-refractivity contribution is -0.138. The number of carboxylic acids is 1. The molecule has 0 spiro atoms. The molecule has 0 unspecified atom stereocenters. The van der Waals surface area contributed by atoms with Gasteiger partial charge >= 0.3 is 5.97 Å². The fraction of sp³-hybridized carbons (Fsp3) is 0.429. The van der Waals surface area contributed by atoms with Gasteiger partial charge in [-0.3, -0.25) is 14.5 Å². The van der Waals surface area contributed by atoms with E-state index in [2.05, 4.69) is 0 Å². The van der Waals surface area contributed by atoms with Crippen LogP contribution in [-0.4, -0.2) is 35.0 Å². The van der Waals surface area contributed by atoms with Crippen LogP contribution in [0.3, 0.4) is 0 Å². The number of carbonyl (C=O) groups is 2. The molecule has 5 heteroatoms. The second-order valence-electron chi connectivity index (χ2n) is 4.88. The second kappa shape index (κ2) is 6.33. The Labute approximate surface area is 113 Å². The van der Waals surface area contributed by atoms with Crippen molar-refractivity contribution in [2.24, 2.45) is 5.73 Å². The maximum Gasteiger partial charge on any atom is 0.317 e. The molecule has 0 bridgehead atoms. The van der Waals surface area contributed by atoms with E-state index in [0.29, 0.717) is 6.54 Å². The minimum absolute atomic E-state index is 0.0565. The van der Waals surface area contributed by atoms with Gasteiger partial charge in [0.2, 0.25) is 5.91 Å². The van der Waals surface area contributed by atoms with Crippen LogP contribution in [0, 0.1) is 20.8 Å². The first kappa shape index (κ1) is 15.2. The summed E-state index contributed by atoms with van der Waals surface area (Å²) in [6.45, 7) is 6.14. The zero-order valence-corrected chi connectivity index (χ0v) is 11.6. The van der Waals surface area contributed by atoms with Crippen LogP contribution in [0.4, 0.5) is 0 Å². The van der Waals surface area contributed by atoms with Crippen LogP contribution in [0.15, 0.2) is 12.1 Å². The van der Waals surface area contributed by atoms with E-state index in [-0.39, 0.29) is 13.1 Å². The molecule has 104 valence electrons. The molecule has 1 amide bonds. The maximum absolute atomic E-state index is 11.0. The largest absolute Gasteiger partial charge is 0.480 e. The van der Waals surface area contributed by atoms with Gasteiger partial charge in [-0.1, -0.05) is 17.7 Å². The highest BCUT2D eigenvalue weighted by molar-refractivity contribution is 5.77. The van der Waals surface area contributed by atoms with Gasteiger partial charge in [0.05, 0.1) is 13.1 Å². The summed E-state index contributed by atoms with van der Waals surface area (Å²) in [5, 5.41) is 8.86. The standard InChI is InChI=1S/C14H20N2O3/c1-9-4-10(2)12(11(3)5-9)6-16(7-13(15)17)8-14(18)19/h4-5H,6-8H2,1-3H3,(H2,15,17)(H,18,19). The monoisotopic (exact) mass is 264 g/mol. The van der Waals surface area contributed by atoms with Crippen molar-refractivity contribution in [1.82, 2.24) is 4.90 Å². The average Bonchev–Trinajstić information content (AvgIpc) is 2.21. The van der Waals surface area contributed by atoms with Crippen molar-refractivity contribution in [2.75, 3.05) is 13.1 Å². The van der Waals surface area contributed by atoms with E-state index in [0.717, 1.165) is 16.7 Å².